The molecular weight excluding hydrogens is 426 g/mol. The minimum Gasteiger partial charge on any atom is -0.378 e. The zero-order valence-corrected chi connectivity index (χ0v) is 18.0. The Kier molecular flexibility index (Phi) is 5.63. The first-order valence-corrected chi connectivity index (χ1v) is 11.7. The van der Waals surface area contributed by atoms with Crippen molar-refractivity contribution < 1.29 is 17.9 Å². The van der Waals surface area contributed by atoms with E-state index in [0.29, 0.717) is 42.2 Å². The number of anilines is 1. The predicted molar refractivity (Wildman–Crippen MR) is 115 cm³/mol. The van der Waals surface area contributed by atoms with E-state index in [1.807, 2.05) is 13.0 Å². The summed E-state index contributed by atoms with van der Waals surface area (Å²) in [5, 5.41) is 0. The van der Waals surface area contributed by atoms with Gasteiger partial charge in [-0.15, -0.1) is 0 Å². The molecule has 1 saturated heterocycles. The van der Waals surface area contributed by atoms with Gasteiger partial charge in [0, 0.05) is 18.8 Å². The van der Waals surface area contributed by atoms with Crippen LogP contribution in [0.2, 0.25) is 0 Å². The highest BCUT2D eigenvalue weighted by atomic mass is 32.2. The van der Waals surface area contributed by atoms with E-state index in [-0.39, 0.29) is 22.2 Å². The number of fused-ring (bicyclic) bond motifs is 1. The molecule has 1 N–H and O–H groups in total. The van der Waals surface area contributed by atoms with Crippen molar-refractivity contribution in [3.05, 3.63) is 57.7 Å². The summed E-state index contributed by atoms with van der Waals surface area (Å²) in [5.74, 6) is -0.155. The number of aromatic nitrogens is 1. The van der Waals surface area contributed by atoms with E-state index >= 15 is 0 Å². The summed E-state index contributed by atoms with van der Waals surface area (Å²) < 4.78 is 35.2. The molecule has 0 saturated carbocycles. The Morgan fingerprint density at radius 1 is 1.17 bits per heavy atom. The van der Waals surface area contributed by atoms with Gasteiger partial charge < -0.3 is 9.64 Å². The summed E-state index contributed by atoms with van der Waals surface area (Å²) in [6, 6.07) is 11.6. The molecule has 10 heteroatoms. The Bertz CT molecular complexity index is 1260. The van der Waals surface area contributed by atoms with Gasteiger partial charge in [0.1, 0.15) is 6.54 Å². The smallest absolute Gasteiger partial charge is 0.308 e. The maximum atomic E-state index is 12.8. The van der Waals surface area contributed by atoms with E-state index in [0.717, 1.165) is 16.9 Å². The lowest BCUT2D eigenvalue weighted by Crippen LogP contribution is -2.43. The lowest BCUT2D eigenvalue weighted by Gasteiger charge is -2.26. The van der Waals surface area contributed by atoms with Gasteiger partial charge in [-0.3, -0.25) is 18.9 Å². The van der Waals surface area contributed by atoms with Crippen LogP contribution in [0.15, 0.2) is 52.2 Å². The van der Waals surface area contributed by atoms with Crippen molar-refractivity contribution in [2.45, 2.75) is 18.4 Å². The standard InChI is InChI=1S/C20H21N3O5S2/c1-14-3-2-4-15(11-14)21-30(26,27)16-5-6-17-18(12-16)29-20(25)23(17)13-19(24)22-7-9-28-10-8-22/h2-6,11-12,21H,7-10,13H2,1H3. The number of carbonyl (C=O) groups is 1. The SMILES string of the molecule is Cc1cccc(NS(=O)(=O)c2ccc3c(c2)sc(=O)n3CC(=O)N2CCOCC2)c1. The third-order valence-electron chi connectivity index (χ3n) is 4.88. The highest BCUT2D eigenvalue weighted by molar-refractivity contribution is 7.92. The van der Waals surface area contributed by atoms with Crippen molar-refractivity contribution in [3.63, 3.8) is 0 Å². The third kappa shape index (κ3) is 4.25. The third-order valence-corrected chi connectivity index (χ3v) is 7.20. The van der Waals surface area contributed by atoms with E-state index in [1.54, 1.807) is 29.2 Å². The van der Waals surface area contributed by atoms with E-state index < -0.39 is 10.0 Å². The van der Waals surface area contributed by atoms with Gasteiger partial charge in [-0.05, 0) is 42.8 Å². The van der Waals surface area contributed by atoms with Gasteiger partial charge in [0.15, 0.2) is 0 Å². The number of hydrogen-bond acceptors (Lipinski definition) is 6. The normalized spacial score (nSPS) is 14.8. The average molecular weight is 448 g/mol. The van der Waals surface area contributed by atoms with Crippen LogP contribution in [0.5, 0.6) is 0 Å². The number of rotatable bonds is 5. The van der Waals surface area contributed by atoms with Crippen LogP contribution < -0.4 is 9.60 Å². The van der Waals surface area contributed by atoms with Crippen molar-refractivity contribution in [1.82, 2.24) is 9.47 Å². The van der Waals surface area contributed by atoms with Crippen LogP contribution in [0.25, 0.3) is 10.2 Å². The number of carbonyl (C=O) groups excluding carboxylic acids is 1. The Labute approximate surface area is 177 Å². The Morgan fingerprint density at radius 3 is 2.67 bits per heavy atom. The van der Waals surface area contributed by atoms with Crippen molar-refractivity contribution >= 4 is 43.2 Å². The first-order chi connectivity index (χ1) is 14.3. The zero-order chi connectivity index (χ0) is 21.3. The number of thiazole rings is 1. The zero-order valence-electron chi connectivity index (χ0n) is 16.3. The minimum atomic E-state index is -3.81. The van der Waals surface area contributed by atoms with Crippen LogP contribution in [-0.2, 0) is 26.1 Å². The number of nitrogens with one attached hydrogen (secondary N) is 1. The quantitative estimate of drug-likeness (QED) is 0.645. The number of amides is 1. The highest BCUT2D eigenvalue weighted by Crippen LogP contribution is 2.24. The number of nitrogens with zero attached hydrogens (tertiary/aromatic N) is 2. The van der Waals surface area contributed by atoms with Gasteiger partial charge >= 0.3 is 4.87 Å². The Balaban J connectivity index is 1.61. The molecule has 3 aromatic rings. The summed E-state index contributed by atoms with van der Waals surface area (Å²) in [5.41, 5.74) is 1.95. The fraction of sp³-hybridized carbons (Fsp3) is 0.300. The van der Waals surface area contributed by atoms with E-state index in [2.05, 4.69) is 4.72 Å². The van der Waals surface area contributed by atoms with Gasteiger partial charge in [-0.25, -0.2) is 8.42 Å². The predicted octanol–water partition coefficient (Wildman–Crippen LogP) is 2.03. The molecule has 8 nitrogen and oxygen atoms in total. The van der Waals surface area contributed by atoms with Crippen LogP contribution in [0, 0.1) is 6.92 Å². The number of hydrogen-bond donors (Lipinski definition) is 1. The molecule has 158 valence electrons. The molecule has 0 atom stereocenters. The topological polar surface area (TPSA) is 97.7 Å². The molecule has 2 heterocycles. The maximum Gasteiger partial charge on any atom is 0.308 e. The molecule has 30 heavy (non-hydrogen) atoms. The van der Waals surface area contributed by atoms with Crippen molar-refractivity contribution in [3.8, 4) is 0 Å². The second-order valence-electron chi connectivity index (χ2n) is 7.05. The second-order valence-corrected chi connectivity index (χ2v) is 9.73. The lowest BCUT2D eigenvalue weighted by molar-refractivity contribution is -0.135. The van der Waals surface area contributed by atoms with E-state index in [1.165, 1.54) is 16.7 Å². The van der Waals surface area contributed by atoms with Crippen LogP contribution in [0.4, 0.5) is 5.69 Å². The molecular formula is C20H21N3O5S2. The largest absolute Gasteiger partial charge is 0.378 e. The second kappa shape index (κ2) is 8.21. The van der Waals surface area contributed by atoms with Gasteiger partial charge in [-0.2, -0.15) is 0 Å². The Morgan fingerprint density at radius 2 is 1.93 bits per heavy atom. The fourth-order valence-electron chi connectivity index (χ4n) is 3.33. The van der Waals surface area contributed by atoms with Crippen LogP contribution in [0.1, 0.15) is 5.56 Å². The number of aryl methyl sites for hydroxylation is 1. The number of sulfonamides is 1. The molecule has 4 rings (SSSR count). The molecule has 2 aromatic carbocycles. The van der Waals surface area contributed by atoms with Crippen molar-refractivity contribution in [2.24, 2.45) is 0 Å². The Hall–Kier alpha value is -2.69. The van der Waals surface area contributed by atoms with Gasteiger partial charge in [0.2, 0.25) is 5.91 Å². The monoisotopic (exact) mass is 447 g/mol. The summed E-state index contributed by atoms with van der Waals surface area (Å²) in [6.07, 6.45) is 0. The molecule has 0 radical (unpaired) electrons. The molecule has 0 aliphatic carbocycles. The molecule has 1 aliphatic heterocycles. The van der Waals surface area contributed by atoms with Crippen LogP contribution in [-0.4, -0.2) is 50.1 Å². The molecule has 1 amide bonds. The van der Waals surface area contributed by atoms with E-state index in [4.69, 9.17) is 4.74 Å². The molecule has 1 fully saturated rings. The molecule has 1 aromatic heterocycles. The molecule has 0 unspecified atom stereocenters. The lowest BCUT2D eigenvalue weighted by atomic mass is 10.2. The van der Waals surface area contributed by atoms with Crippen LogP contribution >= 0.6 is 11.3 Å². The van der Waals surface area contributed by atoms with Gasteiger partial charge in [0.25, 0.3) is 10.0 Å². The molecule has 1 aliphatic rings. The first kappa shape index (κ1) is 20.6. The van der Waals surface area contributed by atoms with Gasteiger partial charge in [0.05, 0.1) is 28.3 Å². The highest BCUT2D eigenvalue weighted by Gasteiger charge is 2.21. The van der Waals surface area contributed by atoms with E-state index in [9.17, 15) is 18.0 Å². The first-order valence-electron chi connectivity index (χ1n) is 9.42. The average Bonchev–Trinajstić information content (AvgIpc) is 3.03. The van der Waals surface area contributed by atoms with Crippen LogP contribution in [0.3, 0.4) is 0 Å². The fourth-order valence-corrected chi connectivity index (χ4v) is 5.41. The number of ether oxygens (including phenoxy) is 1. The van der Waals surface area contributed by atoms with Gasteiger partial charge in [-0.1, -0.05) is 23.5 Å². The minimum absolute atomic E-state index is 0.0596. The van der Waals surface area contributed by atoms with Crippen molar-refractivity contribution in [1.29, 1.82) is 0 Å². The number of morpholine rings is 1. The number of benzene rings is 2. The summed E-state index contributed by atoms with van der Waals surface area (Å²) in [4.78, 5) is 26.4. The summed E-state index contributed by atoms with van der Waals surface area (Å²) >= 11 is 0.926. The maximum absolute atomic E-state index is 12.8. The van der Waals surface area contributed by atoms with Crippen molar-refractivity contribution in [2.75, 3.05) is 31.0 Å². The summed E-state index contributed by atoms with van der Waals surface area (Å²) in [6.45, 7) is 3.78. The summed E-state index contributed by atoms with van der Waals surface area (Å²) in [7, 11) is -3.81. The molecule has 0 bridgehead atoms. The molecule has 0 spiro atoms.